The van der Waals surface area contributed by atoms with E-state index in [9.17, 15) is 9.90 Å². The summed E-state index contributed by atoms with van der Waals surface area (Å²) in [6.07, 6.45) is 4.06. The molecule has 0 bridgehead atoms. The molecule has 1 aliphatic heterocycles. The van der Waals surface area contributed by atoms with E-state index < -0.39 is 6.10 Å². The van der Waals surface area contributed by atoms with Crippen molar-refractivity contribution in [3.63, 3.8) is 0 Å². The minimum atomic E-state index is -0.760. The zero-order chi connectivity index (χ0) is 17.9. The lowest BCUT2D eigenvalue weighted by atomic mass is 10.1. The molecule has 0 aromatic heterocycles. The average molecular weight is 346 g/mol. The molecule has 0 spiro atoms. The second-order valence-corrected chi connectivity index (χ2v) is 6.61. The summed E-state index contributed by atoms with van der Waals surface area (Å²) in [5.74, 6) is 0.0217. The molecule has 25 heavy (non-hydrogen) atoms. The largest absolute Gasteiger partial charge is 0.390 e. The van der Waals surface area contributed by atoms with Crippen LogP contribution < -0.4 is 0 Å². The van der Waals surface area contributed by atoms with Crippen molar-refractivity contribution in [2.24, 2.45) is 5.10 Å². The number of carbonyl (C=O) groups excluding carboxylic acids is 1. The van der Waals surface area contributed by atoms with E-state index in [2.05, 4.69) is 10.1 Å². The van der Waals surface area contributed by atoms with Gasteiger partial charge in [0.15, 0.2) is 0 Å². The fraction of sp³-hybridized carbons (Fsp3) is 0.600. The van der Waals surface area contributed by atoms with E-state index in [1.807, 2.05) is 37.3 Å². The van der Waals surface area contributed by atoms with Crippen molar-refractivity contribution in [1.29, 1.82) is 0 Å². The maximum Gasteiger partial charge on any atom is 0.141 e. The molecule has 1 fully saturated rings. The summed E-state index contributed by atoms with van der Waals surface area (Å²) in [7, 11) is 0. The molecule has 0 amide bonds. The molecule has 5 nitrogen and oxygen atoms in total. The first-order chi connectivity index (χ1) is 12.2. The van der Waals surface area contributed by atoms with Crippen molar-refractivity contribution < 1.29 is 14.6 Å². The Morgan fingerprint density at radius 2 is 1.96 bits per heavy atom. The van der Waals surface area contributed by atoms with Crippen molar-refractivity contribution >= 4 is 11.5 Å². The molecule has 0 aliphatic carbocycles. The number of ether oxygens (including phenoxy) is 1. The molecule has 1 aromatic rings. The fourth-order valence-electron chi connectivity index (χ4n) is 2.92. The highest BCUT2D eigenvalue weighted by molar-refractivity contribution is 6.01. The van der Waals surface area contributed by atoms with Crippen LogP contribution in [0.25, 0.3) is 0 Å². The number of Topliss-reactive ketones (excluding diaryl/α,β-unsaturated/α-hetero) is 1. The van der Waals surface area contributed by atoms with Crippen LogP contribution in [0.4, 0.5) is 0 Å². The van der Waals surface area contributed by atoms with Crippen molar-refractivity contribution in [1.82, 2.24) is 5.01 Å². The zero-order valence-electron chi connectivity index (χ0n) is 15.2. The molecule has 1 aliphatic rings. The van der Waals surface area contributed by atoms with Gasteiger partial charge in [-0.05, 0) is 31.2 Å². The van der Waals surface area contributed by atoms with Crippen LogP contribution in [0.5, 0.6) is 0 Å². The van der Waals surface area contributed by atoms with Crippen LogP contribution in [0.3, 0.4) is 0 Å². The molecule has 2 rings (SSSR count). The lowest BCUT2D eigenvalue weighted by Gasteiger charge is -2.24. The van der Waals surface area contributed by atoms with Gasteiger partial charge in [0.05, 0.1) is 19.3 Å². The summed E-state index contributed by atoms with van der Waals surface area (Å²) < 4.78 is 5.49. The number of nitrogens with zero attached hydrogens (tertiary/aromatic N) is 2. The van der Waals surface area contributed by atoms with Crippen molar-refractivity contribution in [2.75, 3.05) is 19.7 Å². The summed E-state index contributed by atoms with van der Waals surface area (Å²) in [5, 5.41) is 16.7. The van der Waals surface area contributed by atoms with Gasteiger partial charge in [0, 0.05) is 31.6 Å². The van der Waals surface area contributed by atoms with Crippen LogP contribution >= 0.6 is 0 Å². The van der Waals surface area contributed by atoms with Gasteiger partial charge < -0.3 is 9.84 Å². The topological polar surface area (TPSA) is 62.1 Å². The van der Waals surface area contributed by atoms with Gasteiger partial charge in [0.1, 0.15) is 5.78 Å². The van der Waals surface area contributed by atoms with E-state index in [-0.39, 0.29) is 18.8 Å². The van der Waals surface area contributed by atoms with Gasteiger partial charge in [-0.3, -0.25) is 9.80 Å². The molecular weight excluding hydrogens is 316 g/mol. The van der Waals surface area contributed by atoms with Crippen LogP contribution in [-0.2, 0) is 16.1 Å². The Labute approximate surface area is 150 Å². The number of carbonyl (C=O) groups is 1. The number of hydrogen-bond acceptors (Lipinski definition) is 5. The molecule has 1 N–H and O–H groups in total. The molecule has 1 atom stereocenters. The third-order valence-corrected chi connectivity index (χ3v) is 4.31. The first-order valence-corrected chi connectivity index (χ1v) is 9.30. The molecule has 0 unspecified atom stereocenters. The lowest BCUT2D eigenvalue weighted by Crippen LogP contribution is -2.27. The van der Waals surface area contributed by atoms with Gasteiger partial charge in [0.2, 0.25) is 0 Å². The number of piperidine rings is 1. The molecule has 138 valence electrons. The summed E-state index contributed by atoms with van der Waals surface area (Å²) >= 11 is 0. The zero-order valence-corrected chi connectivity index (χ0v) is 15.2. The van der Waals surface area contributed by atoms with Gasteiger partial charge in [-0.15, -0.1) is 0 Å². The second kappa shape index (κ2) is 11.0. The first-order valence-electron chi connectivity index (χ1n) is 9.30. The standard InChI is InChI=1S/C20H30N2O3/c1-2-18(21-22-11-7-4-8-12-22)13-19(23)14-20(24)16-25-15-17-9-5-3-6-10-17/h3,5-6,9-10,20,24H,2,4,7-8,11-16H2,1H3/b21-18+/t20-/m1/s1. The van der Waals surface area contributed by atoms with E-state index in [0.717, 1.165) is 30.8 Å². The Balaban J connectivity index is 1.69. The van der Waals surface area contributed by atoms with Crippen molar-refractivity contribution in [2.45, 2.75) is 58.2 Å². The summed E-state index contributed by atoms with van der Waals surface area (Å²) in [4.78, 5) is 12.2. The molecule has 1 aromatic carbocycles. The van der Waals surface area contributed by atoms with Gasteiger partial charge in [0.25, 0.3) is 0 Å². The molecule has 0 radical (unpaired) electrons. The number of aliphatic hydroxyl groups is 1. The number of ketones is 1. The van der Waals surface area contributed by atoms with E-state index >= 15 is 0 Å². The maximum atomic E-state index is 12.2. The van der Waals surface area contributed by atoms with E-state index in [4.69, 9.17) is 4.74 Å². The Hall–Kier alpha value is -1.72. The molecule has 1 heterocycles. The van der Waals surface area contributed by atoms with Gasteiger partial charge >= 0.3 is 0 Å². The minimum Gasteiger partial charge on any atom is -0.390 e. The predicted octanol–water partition coefficient (Wildman–Crippen LogP) is 3.17. The quantitative estimate of drug-likeness (QED) is 0.661. The highest BCUT2D eigenvalue weighted by Gasteiger charge is 2.15. The summed E-state index contributed by atoms with van der Waals surface area (Å²) in [6, 6.07) is 9.80. The SMILES string of the molecule is CC/C(CC(=O)C[C@@H](O)COCc1ccccc1)=N\N1CCCCC1. The minimum absolute atomic E-state index is 0.0217. The normalized spacial score (nSPS) is 16.7. The van der Waals surface area contributed by atoms with E-state index in [0.29, 0.717) is 13.0 Å². The highest BCUT2D eigenvalue weighted by atomic mass is 16.5. The monoisotopic (exact) mass is 346 g/mol. The molecule has 5 heteroatoms. The number of rotatable bonds is 10. The Bertz CT molecular complexity index is 539. The predicted molar refractivity (Wildman–Crippen MR) is 99.5 cm³/mol. The molecule has 1 saturated heterocycles. The third kappa shape index (κ3) is 7.80. The van der Waals surface area contributed by atoms with E-state index in [1.165, 1.54) is 19.3 Å². The Morgan fingerprint density at radius 3 is 2.64 bits per heavy atom. The molecular formula is C20H30N2O3. The Kier molecular flexibility index (Phi) is 8.63. The molecule has 0 saturated carbocycles. The van der Waals surface area contributed by atoms with Crippen LogP contribution in [0, 0.1) is 0 Å². The van der Waals surface area contributed by atoms with Crippen molar-refractivity contribution in [3.05, 3.63) is 35.9 Å². The number of aliphatic hydroxyl groups excluding tert-OH is 1. The van der Waals surface area contributed by atoms with Crippen LogP contribution in [0.15, 0.2) is 35.4 Å². The maximum absolute atomic E-state index is 12.2. The fourth-order valence-corrected chi connectivity index (χ4v) is 2.92. The Morgan fingerprint density at radius 1 is 1.24 bits per heavy atom. The van der Waals surface area contributed by atoms with Gasteiger partial charge in [-0.25, -0.2) is 0 Å². The summed E-state index contributed by atoms with van der Waals surface area (Å²) in [5.41, 5.74) is 1.97. The number of hydrazone groups is 1. The van der Waals surface area contributed by atoms with Crippen LogP contribution in [0.1, 0.15) is 51.0 Å². The third-order valence-electron chi connectivity index (χ3n) is 4.31. The van der Waals surface area contributed by atoms with Gasteiger partial charge in [-0.1, -0.05) is 37.3 Å². The summed E-state index contributed by atoms with van der Waals surface area (Å²) in [6.45, 7) is 4.60. The number of hydrogen-bond donors (Lipinski definition) is 1. The van der Waals surface area contributed by atoms with Crippen LogP contribution in [-0.4, -0.2) is 47.4 Å². The second-order valence-electron chi connectivity index (χ2n) is 6.61. The van der Waals surface area contributed by atoms with Gasteiger partial charge in [-0.2, -0.15) is 5.10 Å². The van der Waals surface area contributed by atoms with E-state index in [1.54, 1.807) is 0 Å². The smallest absolute Gasteiger partial charge is 0.141 e. The highest BCUT2D eigenvalue weighted by Crippen LogP contribution is 2.11. The average Bonchev–Trinajstić information content (AvgIpc) is 2.63. The number of benzene rings is 1. The lowest BCUT2D eigenvalue weighted by molar-refractivity contribution is -0.120. The first kappa shape index (κ1) is 19.6. The van der Waals surface area contributed by atoms with Crippen LogP contribution in [0.2, 0.25) is 0 Å². The van der Waals surface area contributed by atoms with Crippen molar-refractivity contribution in [3.8, 4) is 0 Å².